The highest BCUT2D eigenvalue weighted by Crippen LogP contribution is 2.43. The summed E-state index contributed by atoms with van der Waals surface area (Å²) in [5, 5.41) is 4.81. The molecule has 1 saturated carbocycles. The Hall–Kier alpha value is -1.28. The van der Waals surface area contributed by atoms with Crippen molar-refractivity contribution in [1.29, 1.82) is 0 Å². The molecular weight excluding hydrogens is 234 g/mol. The van der Waals surface area contributed by atoms with Gasteiger partial charge >= 0.3 is 0 Å². The summed E-state index contributed by atoms with van der Waals surface area (Å²) in [6.45, 7) is 6.75. The molecule has 102 valence electrons. The molecule has 2 atom stereocenters. The highest BCUT2D eigenvalue weighted by molar-refractivity contribution is 5.77. The van der Waals surface area contributed by atoms with Gasteiger partial charge < -0.3 is 9.73 Å². The largest absolute Gasteiger partial charge is 0.461 e. The van der Waals surface area contributed by atoms with Gasteiger partial charge in [0.15, 0.2) is 0 Å². The Balaban J connectivity index is 1.65. The number of furan rings is 1. The van der Waals surface area contributed by atoms with Crippen LogP contribution in [0.15, 0.2) is 34.7 Å². The van der Waals surface area contributed by atoms with E-state index >= 15 is 0 Å². The number of rotatable bonds is 5. The van der Waals surface area contributed by atoms with Gasteiger partial charge in [0.2, 0.25) is 0 Å². The molecule has 0 radical (unpaired) electrons. The lowest BCUT2D eigenvalue weighted by atomic mass is 9.72. The van der Waals surface area contributed by atoms with Crippen molar-refractivity contribution >= 4 is 11.0 Å². The lowest BCUT2D eigenvalue weighted by molar-refractivity contribution is 0.217. The van der Waals surface area contributed by atoms with E-state index in [2.05, 4.69) is 43.4 Å². The summed E-state index contributed by atoms with van der Waals surface area (Å²) in [6, 6.07) is 10.5. The third-order valence-corrected chi connectivity index (χ3v) is 4.19. The summed E-state index contributed by atoms with van der Waals surface area (Å²) in [7, 11) is 0. The van der Waals surface area contributed by atoms with Gasteiger partial charge in [-0.1, -0.05) is 32.0 Å². The van der Waals surface area contributed by atoms with Crippen LogP contribution < -0.4 is 5.32 Å². The Bertz CT molecular complexity index is 510. The summed E-state index contributed by atoms with van der Waals surface area (Å²) >= 11 is 0. The number of hydrogen-bond acceptors (Lipinski definition) is 2. The number of benzene rings is 1. The number of fused-ring (bicyclic) bond motifs is 1. The molecule has 1 aliphatic carbocycles. The topological polar surface area (TPSA) is 25.2 Å². The second kappa shape index (κ2) is 5.38. The first-order valence-corrected chi connectivity index (χ1v) is 7.43. The molecule has 19 heavy (non-hydrogen) atoms. The predicted octanol–water partition coefficient (Wildman–Crippen LogP) is 4.17. The first-order chi connectivity index (χ1) is 9.24. The van der Waals surface area contributed by atoms with Gasteiger partial charge in [0, 0.05) is 11.3 Å². The van der Waals surface area contributed by atoms with Gasteiger partial charge in [-0.15, -0.1) is 0 Å². The maximum absolute atomic E-state index is 6.00. The third-order valence-electron chi connectivity index (χ3n) is 4.19. The standard InChI is InChI=1S/C17H23NO/c1-12(2)10-18-11-14-7-8-15(14)17-9-13-5-3-4-6-16(13)19-17/h3-6,9,12,14-15,18H,7-8,10-11H2,1-2H3. The van der Waals surface area contributed by atoms with Crippen LogP contribution in [-0.2, 0) is 0 Å². The maximum Gasteiger partial charge on any atom is 0.134 e. The molecule has 0 aliphatic heterocycles. The second-order valence-electron chi connectivity index (χ2n) is 6.18. The zero-order valence-electron chi connectivity index (χ0n) is 11.9. The quantitative estimate of drug-likeness (QED) is 0.869. The Labute approximate surface area is 115 Å². The van der Waals surface area contributed by atoms with E-state index in [0.29, 0.717) is 5.92 Å². The molecule has 2 aromatic rings. The average molecular weight is 257 g/mol. The van der Waals surface area contributed by atoms with Crippen LogP contribution in [0.1, 0.15) is 38.4 Å². The average Bonchev–Trinajstić information content (AvgIpc) is 2.75. The van der Waals surface area contributed by atoms with Crippen molar-refractivity contribution in [2.75, 3.05) is 13.1 Å². The fourth-order valence-corrected chi connectivity index (χ4v) is 2.93. The minimum absolute atomic E-state index is 0.618. The molecule has 0 saturated heterocycles. The minimum Gasteiger partial charge on any atom is -0.461 e. The number of para-hydroxylation sites is 1. The van der Waals surface area contributed by atoms with Crippen LogP contribution in [0.4, 0.5) is 0 Å². The highest BCUT2D eigenvalue weighted by atomic mass is 16.3. The van der Waals surface area contributed by atoms with E-state index in [1.54, 1.807) is 0 Å². The predicted molar refractivity (Wildman–Crippen MR) is 79.4 cm³/mol. The molecule has 3 rings (SSSR count). The second-order valence-corrected chi connectivity index (χ2v) is 6.18. The Morgan fingerprint density at radius 3 is 2.79 bits per heavy atom. The van der Waals surface area contributed by atoms with Gasteiger partial charge in [0.05, 0.1) is 0 Å². The van der Waals surface area contributed by atoms with Crippen LogP contribution in [0.5, 0.6) is 0 Å². The summed E-state index contributed by atoms with van der Waals surface area (Å²) in [5.41, 5.74) is 1.03. The summed E-state index contributed by atoms with van der Waals surface area (Å²) in [4.78, 5) is 0. The van der Waals surface area contributed by atoms with E-state index in [4.69, 9.17) is 4.42 Å². The lowest BCUT2D eigenvalue weighted by Crippen LogP contribution is -2.35. The first kappa shape index (κ1) is 12.7. The van der Waals surface area contributed by atoms with Crippen LogP contribution in [-0.4, -0.2) is 13.1 Å². The highest BCUT2D eigenvalue weighted by Gasteiger charge is 2.34. The van der Waals surface area contributed by atoms with Gasteiger partial charge in [0.1, 0.15) is 11.3 Å². The van der Waals surface area contributed by atoms with Crippen molar-refractivity contribution in [2.24, 2.45) is 11.8 Å². The van der Waals surface area contributed by atoms with Crippen molar-refractivity contribution in [1.82, 2.24) is 5.32 Å². The SMILES string of the molecule is CC(C)CNCC1CCC1c1cc2ccccc2o1. The van der Waals surface area contributed by atoms with Gasteiger partial charge in [-0.2, -0.15) is 0 Å². The molecule has 2 unspecified atom stereocenters. The molecule has 0 amide bonds. The van der Waals surface area contributed by atoms with Crippen molar-refractivity contribution in [2.45, 2.75) is 32.6 Å². The monoisotopic (exact) mass is 257 g/mol. The van der Waals surface area contributed by atoms with Crippen molar-refractivity contribution in [3.05, 3.63) is 36.1 Å². The van der Waals surface area contributed by atoms with E-state index in [1.165, 1.54) is 24.0 Å². The molecule has 1 aromatic carbocycles. The fraction of sp³-hybridized carbons (Fsp3) is 0.529. The van der Waals surface area contributed by atoms with E-state index in [-0.39, 0.29) is 0 Å². The van der Waals surface area contributed by atoms with Gasteiger partial charge in [-0.3, -0.25) is 0 Å². The summed E-state index contributed by atoms with van der Waals surface area (Å²) in [6.07, 6.45) is 2.60. The minimum atomic E-state index is 0.618. The molecule has 1 fully saturated rings. The van der Waals surface area contributed by atoms with E-state index < -0.39 is 0 Å². The van der Waals surface area contributed by atoms with Crippen LogP contribution in [0.25, 0.3) is 11.0 Å². The summed E-state index contributed by atoms with van der Waals surface area (Å²) < 4.78 is 6.00. The van der Waals surface area contributed by atoms with Crippen LogP contribution in [0.2, 0.25) is 0 Å². The van der Waals surface area contributed by atoms with E-state index in [0.717, 1.165) is 30.5 Å². The smallest absolute Gasteiger partial charge is 0.134 e. The molecule has 1 N–H and O–H groups in total. The lowest BCUT2D eigenvalue weighted by Gasteiger charge is -2.35. The molecule has 1 aromatic heterocycles. The molecule has 1 aliphatic rings. The van der Waals surface area contributed by atoms with Crippen molar-refractivity contribution in [3.8, 4) is 0 Å². The molecular formula is C17H23NO. The number of nitrogens with one attached hydrogen (secondary N) is 1. The van der Waals surface area contributed by atoms with Crippen LogP contribution in [0.3, 0.4) is 0 Å². The summed E-state index contributed by atoms with van der Waals surface area (Å²) in [5.74, 6) is 3.28. The first-order valence-electron chi connectivity index (χ1n) is 7.43. The molecule has 0 bridgehead atoms. The van der Waals surface area contributed by atoms with Gasteiger partial charge in [-0.05, 0) is 49.9 Å². The van der Waals surface area contributed by atoms with Gasteiger partial charge in [-0.25, -0.2) is 0 Å². The Kier molecular flexibility index (Phi) is 3.61. The van der Waals surface area contributed by atoms with E-state index in [1.807, 2.05) is 6.07 Å². The molecule has 2 heteroatoms. The Morgan fingerprint density at radius 2 is 2.11 bits per heavy atom. The Morgan fingerprint density at radius 1 is 1.26 bits per heavy atom. The molecule has 2 nitrogen and oxygen atoms in total. The van der Waals surface area contributed by atoms with Crippen LogP contribution >= 0.6 is 0 Å². The fourth-order valence-electron chi connectivity index (χ4n) is 2.93. The zero-order chi connectivity index (χ0) is 13.2. The maximum atomic E-state index is 6.00. The van der Waals surface area contributed by atoms with E-state index in [9.17, 15) is 0 Å². The van der Waals surface area contributed by atoms with Gasteiger partial charge in [0.25, 0.3) is 0 Å². The number of hydrogen-bond donors (Lipinski definition) is 1. The normalized spacial score (nSPS) is 22.9. The zero-order valence-corrected chi connectivity index (χ0v) is 11.9. The van der Waals surface area contributed by atoms with Crippen LogP contribution in [0, 0.1) is 11.8 Å². The van der Waals surface area contributed by atoms with Crippen molar-refractivity contribution < 1.29 is 4.42 Å². The third kappa shape index (κ3) is 2.69. The molecule has 1 heterocycles. The molecule has 0 spiro atoms. The van der Waals surface area contributed by atoms with Crippen molar-refractivity contribution in [3.63, 3.8) is 0 Å².